The van der Waals surface area contributed by atoms with Gasteiger partial charge in [-0.1, -0.05) is 17.7 Å². The molecule has 2 atom stereocenters. The molecule has 1 aromatic rings. The van der Waals surface area contributed by atoms with E-state index in [1.165, 1.54) is 12.1 Å². The van der Waals surface area contributed by atoms with Gasteiger partial charge in [-0.3, -0.25) is 4.18 Å². The van der Waals surface area contributed by atoms with Crippen LogP contribution < -0.4 is 0 Å². The van der Waals surface area contributed by atoms with E-state index in [1.807, 2.05) is 20.8 Å². The minimum Gasteiger partial charge on any atom is -0.391 e. The molecule has 1 N–H and O–H groups in total. The molecule has 0 aromatic heterocycles. The number of hydrogen-bond acceptors (Lipinski definition) is 6. The lowest BCUT2D eigenvalue weighted by atomic mass is 10.1. The summed E-state index contributed by atoms with van der Waals surface area (Å²) in [5, 5.41) is 9.91. The van der Waals surface area contributed by atoms with Crippen molar-refractivity contribution in [3.05, 3.63) is 29.8 Å². The van der Waals surface area contributed by atoms with Crippen LogP contribution in [0.5, 0.6) is 0 Å². The van der Waals surface area contributed by atoms with Crippen LogP contribution in [0.15, 0.2) is 29.2 Å². The van der Waals surface area contributed by atoms with E-state index >= 15 is 0 Å². The molecule has 1 fully saturated rings. The van der Waals surface area contributed by atoms with E-state index in [2.05, 4.69) is 0 Å². The predicted molar refractivity (Wildman–Crippen MR) is 84.5 cm³/mol. The molecule has 0 saturated carbocycles. The van der Waals surface area contributed by atoms with Gasteiger partial charge in [0.25, 0.3) is 10.1 Å². The fourth-order valence-corrected chi connectivity index (χ4v) is 3.25. The fourth-order valence-electron chi connectivity index (χ4n) is 2.31. The third kappa shape index (κ3) is 5.54. The molecule has 23 heavy (non-hydrogen) atoms. The summed E-state index contributed by atoms with van der Waals surface area (Å²) in [5.74, 6) is -0.596. The average Bonchev–Trinajstić information content (AvgIpc) is 2.83. The highest BCUT2D eigenvalue weighted by Gasteiger charge is 2.32. The van der Waals surface area contributed by atoms with Gasteiger partial charge in [0.1, 0.15) is 0 Å². The fraction of sp³-hybridized carbons (Fsp3) is 0.625. The zero-order valence-corrected chi connectivity index (χ0v) is 14.5. The largest absolute Gasteiger partial charge is 0.391 e. The SMILES string of the molecule is Cc1ccc(S(=O)(=O)OC[C@@H](O)CC[C@H]2COC(C)(C)O2)cc1. The number of ether oxygens (including phenoxy) is 2. The van der Waals surface area contributed by atoms with Crippen LogP contribution >= 0.6 is 0 Å². The van der Waals surface area contributed by atoms with Crippen LogP contribution in [0.4, 0.5) is 0 Å². The van der Waals surface area contributed by atoms with Crippen molar-refractivity contribution in [3.63, 3.8) is 0 Å². The first kappa shape index (κ1) is 18.4. The van der Waals surface area contributed by atoms with Gasteiger partial charge >= 0.3 is 0 Å². The highest BCUT2D eigenvalue weighted by atomic mass is 32.2. The maximum atomic E-state index is 12.0. The van der Waals surface area contributed by atoms with Crippen molar-refractivity contribution in [2.45, 2.75) is 56.5 Å². The molecule has 0 unspecified atom stereocenters. The molecule has 130 valence electrons. The van der Waals surface area contributed by atoms with E-state index in [9.17, 15) is 13.5 Å². The molecule has 1 aliphatic rings. The minimum atomic E-state index is -3.84. The molecule has 0 spiro atoms. The molecule has 1 aromatic carbocycles. The summed E-state index contributed by atoms with van der Waals surface area (Å²) in [7, 11) is -3.84. The van der Waals surface area contributed by atoms with Crippen molar-refractivity contribution in [3.8, 4) is 0 Å². The van der Waals surface area contributed by atoms with Gasteiger partial charge in [-0.25, -0.2) is 0 Å². The molecule has 0 aliphatic carbocycles. The maximum absolute atomic E-state index is 12.0. The standard InChI is InChI=1S/C16H24O6S/c1-12-4-8-15(9-5-12)23(18,19)21-10-13(17)6-7-14-11-20-16(2,3)22-14/h4-5,8-9,13-14,17H,6-7,10-11H2,1-3H3/t13-,14-/m0/s1. The first-order chi connectivity index (χ1) is 10.7. The van der Waals surface area contributed by atoms with Crippen LogP contribution in [-0.4, -0.2) is 44.7 Å². The summed E-state index contributed by atoms with van der Waals surface area (Å²) in [4.78, 5) is 0.0876. The Morgan fingerprint density at radius 3 is 2.57 bits per heavy atom. The molecule has 7 heteroatoms. The molecule has 0 radical (unpaired) electrons. The number of hydrogen-bond donors (Lipinski definition) is 1. The Labute approximate surface area is 137 Å². The third-order valence-corrected chi connectivity index (χ3v) is 4.91. The number of aryl methyl sites for hydroxylation is 1. The van der Waals surface area contributed by atoms with Gasteiger partial charge in [-0.15, -0.1) is 0 Å². The van der Waals surface area contributed by atoms with Crippen LogP contribution in [0, 0.1) is 6.92 Å². The lowest BCUT2D eigenvalue weighted by Crippen LogP contribution is -2.24. The summed E-state index contributed by atoms with van der Waals surface area (Å²) in [6, 6.07) is 6.38. The molecule has 1 heterocycles. The Bertz CT molecular complexity index is 608. The van der Waals surface area contributed by atoms with Crippen LogP contribution in [-0.2, 0) is 23.8 Å². The molecule has 0 amide bonds. The van der Waals surface area contributed by atoms with Gasteiger partial charge in [0.15, 0.2) is 5.79 Å². The highest BCUT2D eigenvalue weighted by molar-refractivity contribution is 7.86. The van der Waals surface area contributed by atoms with Crippen LogP contribution in [0.25, 0.3) is 0 Å². The van der Waals surface area contributed by atoms with Crippen LogP contribution in [0.2, 0.25) is 0 Å². The van der Waals surface area contributed by atoms with Crippen LogP contribution in [0.3, 0.4) is 0 Å². The Kier molecular flexibility index (Phi) is 5.80. The number of rotatable bonds is 7. The molecular formula is C16H24O6S. The number of aliphatic hydroxyl groups is 1. The molecule has 1 saturated heterocycles. The first-order valence-electron chi connectivity index (χ1n) is 7.64. The van der Waals surface area contributed by atoms with Gasteiger partial charge in [0.05, 0.1) is 30.3 Å². The molecular weight excluding hydrogens is 320 g/mol. The maximum Gasteiger partial charge on any atom is 0.297 e. The second-order valence-electron chi connectivity index (χ2n) is 6.23. The van der Waals surface area contributed by atoms with Crippen molar-refractivity contribution in [1.82, 2.24) is 0 Å². The normalized spacial score (nSPS) is 22.2. The monoisotopic (exact) mass is 344 g/mol. The molecule has 6 nitrogen and oxygen atoms in total. The van der Waals surface area contributed by atoms with Crippen molar-refractivity contribution in [2.75, 3.05) is 13.2 Å². The minimum absolute atomic E-state index is 0.0876. The molecule has 1 aliphatic heterocycles. The zero-order valence-electron chi connectivity index (χ0n) is 13.7. The highest BCUT2D eigenvalue weighted by Crippen LogP contribution is 2.25. The summed E-state index contributed by atoms with van der Waals surface area (Å²) in [6.07, 6.45) is 0.00221. The summed E-state index contributed by atoms with van der Waals surface area (Å²) in [6.45, 7) is 5.74. The molecule has 2 rings (SSSR count). The number of aliphatic hydroxyl groups excluding tert-OH is 1. The van der Waals surface area contributed by atoms with E-state index in [1.54, 1.807) is 12.1 Å². The lowest BCUT2D eigenvalue weighted by Gasteiger charge is -2.18. The first-order valence-corrected chi connectivity index (χ1v) is 9.05. The topological polar surface area (TPSA) is 82.1 Å². The van der Waals surface area contributed by atoms with Gasteiger partial charge in [-0.05, 0) is 45.7 Å². The lowest BCUT2D eigenvalue weighted by molar-refractivity contribution is -0.139. The summed E-state index contributed by atoms with van der Waals surface area (Å²) < 4.78 is 40.0. The predicted octanol–water partition coefficient (Wildman–Crippen LogP) is 1.99. The van der Waals surface area contributed by atoms with Crippen molar-refractivity contribution in [1.29, 1.82) is 0 Å². The Hall–Kier alpha value is -0.990. The van der Waals surface area contributed by atoms with Crippen molar-refractivity contribution < 1.29 is 27.2 Å². The van der Waals surface area contributed by atoms with Gasteiger partial charge in [0.2, 0.25) is 0 Å². The van der Waals surface area contributed by atoms with Crippen LogP contribution in [0.1, 0.15) is 32.3 Å². The van der Waals surface area contributed by atoms with E-state index in [0.29, 0.717) is 19.4 Å². The van der Waals surface area contributed by atoms with Gasteiger partial charge < -0.3 is 14.6 Å². The smallest absolute Gasteiger partial charge is 0.297 e. The molecule has 0 bridgehead atoms. The quantitative estimate of drug-likeness (QED) is 0.762. The third-order valence-electron chi connectivity index (χ3n) is 3.61. The van der Waals surface area contributed by atoms with Crippen molar-refractivity contribution in [2.24, 2.45) is 0 Å². The zero-order chi connectivity index (χ0) is 17.1. The Balaban J connectivity index is 1.77. The van der Waals surface area contributed by atoms with Crippen molar-refractivity contribution >= 4 is 10.1 Å². The second kappa shape index (κ2) is 7.27. The second-order valence-corrected chi connectivity index (χ2v) is 7.85. The Morgan fingerprint density at radius 2 is 2.00 bits per heavy atom. The summed E-state index contributed by atoms with van der Waals surface area (Å²) >= 11 is 0. The van der Waals surface area contributed by atoms with E-state index in [0.717, 1.165) is 5.56 Å². The summed E-state index contributed by atoms with van der Waals surface area (Å²) in [5.41, 5.74) is 0.964. The van der Waals surface area contributed by atoms with Gasteiger partial charge in [-0.2, -0.15) is 8.42 Å². The van der Waals surface area contributed by atoms with E-state index < -0.39 is 22.0 Å². The average molecular weight is 344 g/mol. The van der Waals surface area contributed by atoms with Gasteiger partial charge in [0, 0.05) is 0 Å². The van der Waals surface area contributed by atoms with E-state index in [-0.39, 0.29) is 17.6 Å². The van der Waals surface area contributed by atoms with E-state index in [4.69, 9.17) is 13.7 Å². The Morgan fingerprint density at radius 1 is 1.35 bits per heavy atom. The number of benzene rings is 1.